The average molecular weight is 752 g/mol. The molecule has 0 radical (unpaired) electrons. The van der Waals surface area contributed by atoms with Gasteiger partial charge >= 0.3 is 0 Å². The number of nitrogens with zero attached hydrogens (tertiary/aromatic N) is 4. The van der Waals surface area contributed by atoms with Crippen molar-refractivity contribution >= 4 is 75.3 Å². The molecule has 4 heterocycles. The summed E-state index contributed by atoms with van der Waals surface area (Å²) in [5.74, 6) is 0.524. The predicted octanol–water partition coefficient (Wildman–Crippen LogP) is 13.9. The summed E-state index contributed by atoms with van der Waals surface area (Å²) in [6.45, 7) is 0. The van der Waals surface area contributed by atoms with Gasteiger partial charge in [0, 0.05) is 64.1 Å². The molecule has 0 saturated carbocycles. The molecule has 57 heavy (non-hydrogen) atoms. The minimum absolute atomic E-state index is 0.0341. The smallest absolute Gasteiger partial charge is 0.165 e. The number of hydrogen-bond donors (Lipinski definition) is 0. The number of fused-ring (bicyclic) bond motifs is 9. The zero-order valence-corrected chi connectivity index (χ0v) is 30.9. The normalized spacial score (nSPS) is 13.1. The minimum Gasteiger partial charge on any atom is -0.456 e. The summed E-state index contributed by atoms with van der Waals surface area (Å²) in [6.07, 6.45) is 0. The Morgan fingerprint density at radius 2 is 1.07 bits per heavy atom. The maximum atomic E-state index is 9.00. The van der Waals surface area contributed by atoms with E-state index < -0.39 is 30.2 Å². The van der Waals surface area contributed by atoms with E-state index in [0.29, 0.717) is 22.5 Å². The summed E-state index contributed by atoms with van der Waals surface area (Å²) in [4.78, 5) is 15.2. The van der Waals surface area contributed by atoms with Gasteiger partial charge in [-0.25, -0.2) is 15.0 Å². The average Bonchev–Trinajstić information content (AvgIpc) is 3.99. The predicted molar refractivity (Wildman–Crippen MR) is 236 cm³/mol. The Hall–Kier alpha value is -7.41. The van der Waals surface area contributed by atoms with E-state index in [1.807, 2.05) is 72.8 Å². The van der Waals surface area contributed by atoms with Crippen molar-refractivity contribution < 1.29 is 11.3 Å². The summed E-state index contributed by atoms with van der Waals surface area (Å²) in [6, 6.07) is 49.2. The van der Waals surface area contributed by atoms with Crippen LogP contribution in [0.2, 0.25) is 0 Å². The Labute approximate surface area is 337 Å². The molecule has 0 unspecified atom stereocenters. The van der Waals surface area contributed by atoms with Crippen LogP contribution in [0, 0.1) is 0 Å². The Bertz CT molecular complexity index is 3760. The van der Waals surface area contributed by atoms with Crippen LogP contribution in [0.15, 0.2) is 186 Å². The fourth-order valence-electron chi connectivity index (χ4n) is 8.19. The molecule has 4 aromatic heterocycles. The van der Waals surface area contributed by atoms with Gasteiger partial charge in [-0.15, -0.1) is 11.3 Å². The number of para-hydroxylation sites is 3. The molecule has 0 spiro atoms. The van der Waals surface area contributed by atoms with Gasteiger partial charge in [0.1, 0.15) is 11.2 Å². The topological polar surface area (TPSA) is 56.7 Å². The number of benzene rings is 8. The maximum Gasteiger partial charge on any atom is 0.165 e. The number of thiophene rings is 1. The highest BCUT2D eigenvalue weighted by molar-refractivity contribution is 7.26. The van der Waals surface area contributed by atoms with Crippen LogP contribution in [0.4, 0.5) is 0 Å². The van der Waals surface area contributed by atoms with Crippen molar-refractivity contribution in [3.8, 4) is 51.0 Å². The number of aromatic nitrogens is 4. The molecule has 6 heteroatoms. The van der Waals surface area contributed by atoms with Gasteiger partial charge in [-0.3, -0.25) is 0 Å². The lowest BCUT2D eigenvalue weighted by Gasteiger charge is -2.13. The van der Waals surface area contributed by atoms with E-state index in [-0.39, 0.29) is 17.2 Å². The molecule has 12 aromatic rings. The van der Waals surface area contributed by atoms with Crippen molar-refractivity contribution in [3.63, 3.8) is 0 Å². The monoisotopic (exact) mass is 751 g/mol. The van der Waals surface area contributed by atoms with Crippen LogP contribution in [-0.4, -0.2) is 19.5 Å². The highest BCUT2D eigenvalue weighted by atomic mass is 32.1. The Balaban J connectivity index is 1.20. The van der Waals surface area contributed by atoms with E-state index in [1.54, 1.807) is 11.3 Å². The molecule has 0 amide bonds. The van der Waals surface area contributed by atoms with Gasteiger partial charge in [0.2, 0.25) is 0 Å². The Kier molecular flexibility index (Phi) is 6.00. The fourth-order valence-corrected chi connectivity index (χ4v) is 9.52. The molecule has 0 aliphatic heterocycles. The number of rotatable bonds is 5. The standard InChI is InChI=1S/C51H30N4OS/c1-3-14-31(15-4-1)35-21-13-22-40-41-29-34(55-43-23-10-7-18-36(43)37-19-8-11-24-44(37)55)30-42(48(41)57-47(35)40)51-53-49(32-16-5-2-6-17-32)52-50(54-51)33-26-27-39-38-20-9-12-25-45(38)56-46(39)28-33/h1-30H/i2D,5D,6D,16D,17D. The lowest BCUT2D eigenvalue weighted by Crippen LogP contribution is -2.01. The van der Waals surface area contributed by atoms with Crippen LogP contribution in [0.5, 0.6) is 0 Å². The minimum atomic E-state index is -0.492. The maximum absolute atomic E-state index is 9.00. The zero-order valence-electron chi connectivity index (χ0n) is 35.0. The summed E-state index contributed by atoms with van der Waals surface area (Å²) in [5, 5.41) is 6.24. The van der Waals surface area contributed by atoms with Crippen LogP contribution in [0.3, 0.4) is 0 Å². The van der Waals surface area contributed by atoms with Gasteiger partial charge in [0.25, 0.3) is 0 Å². The lowest BCUT2D eigenvalue weighted by atomic mass is 10.0. The van der Waals surface area contributed by atoms with Gasteiger partial charge in [0.05, 0.1) is 17.9 Å². The van der Waals surface area contributed by atoms with Crippen LogP contribution < -0.4 is 0 Å². The number of furan rings is 1. The van der Waals surface area contributed by atoms with Gasteiger partial charge in [-0.05, 0) is 53.6 Å². The van der Waals surface area contributed by atoms with E-state index in [2.05, 4.69) is 83.4 Å². The first kappa shape index (κ1) is 27.2. The van der Waals surface area contributed by atoms with Crippen LogP contribution in [0.25, 0.3) is 115 Å². The first-order chi connectivity index (χ1) is 30.3. The second-order valence-electron chi connectivity index (χ2n) is 14.0. The molecule has 8 aromatic carbocycles. The summed E-state index contributed by atoms with van der Waals surface area (Å²) in [7, 11) is 0. The first-order valence-electron chi connectivity index (χ1n) is 21.1. The zero-order chi connectivity index (χ0) is 41.8. The van der Waals surface area contributed by atoms with Crippen molar-refractivity contribution in [2.45, 2.75) is 0 Å². The number of hydrogen-bond acceptors (Lipinski definition) is 5. The van der Waals surface area contributed by atoms with Gasteiger partial charge < -0.3 is 8.98 Å². The quantitative estimate of drug-likeness (QED) is 0.176. The highest BCUT2D eigenvalue weighted by Crippen LogP contribution is 2.46. The van der Waals surface area contributed by atoms with E-state index in [0.717, 1.165) is 75.1 Å². The van der Waals surface area contributed by atoms with Gasteiger partial charge in [0.15, 0.2) is 17.5 Å². The molecule has 0 atom stereocenters. The molecular formula is C51H30N4OS. The Morgan fingerprint density at radius 1 is 0.439 bits per heavy atom. The molecular weight excluding hydrogens is 717 g/mol. The molecule has 0 aliphatic carbocycles. The third-order valence-electron chi connectivity index (χ3n) is 10.7. The molecule has 0 aliphatic rings. The third-order valence-corrected chi connectivity index (χ3v) is 12.0. The molecule has 0 saturated heterocycles. The summed E-state index contributed by atoms with van der Waals surface area (Å²) < 4.78 is 54.1. The summed E-state index contributed by atoms with van der Waals surface area (Å²) in [5.41, 5.74) is 7.78. The van der Waals surface area contributed by atoms with Crippen LogP contribution in [-0.2, 0) is 0 Å². The van der Waals surface area contributed by atoms with E-state index >= 15 is 0 Å². The summed E-state index contributed by atoms with van der Waals surface area (Å²) >= 11 is 1.65. The second-order valence-corrected chi connectivity index (χ2v) is 15.0. The molecule has 266 valence electrons. The molecule has 5 nitrogen and oxygen atoms in total. The van der Waals surface area contributed by atoms with Crippen molar-refractivity contribution in [2.24, 2.45) is 0 Å². The van der Waals surface area contributed by atoms with Crippen molar-refractivity contribution in [2.75, 3.05) is 0 Å². The molecule has 0 bridgehead atoms. The van der Waals surface area contributed by atoms with Crippen LogP contribution >= 0.6 is 11.3 Å². The van der Waals surface area contributed by atoms with Crippen molar-refractivity contribution in [1.82, 2.24) is 19.5 Å². The lowest BCUT2D eigenvalue weighted by molar-refractivity contribution is 0.669. The van der Waals surface area contributed by atoms with Crippen LogP contribution in [0.1, 0.15) is 6.85 Å². The Morgan fingerprint density at radius 3 is 1.86 bits per heavy atom. The van der Waals surface area contributed by atoms with Crippen molar-refractivity contribution in [3.05, 3.63) is 182 Å². The van der Waals surface area contributed by atoms with E-state index in [1.165, 1.54) is 0 Å². The van der Waals surface area contributed by atoms with E-state index in [9.17, 15) is 0 Å². The molecule has 0 fully saturated rings. The SMILES string of the molecule is [2H]c1c([2H])c([2H])c(-c2nc(-c3ccc4c(c3)oc3ccccc34)nc(-c3cc(-n4c5ccccc5c5ccccc54)cc4c3sc3c(-c5ccccc5)cccc34)n2)c([2H])c1[2H]. The fraction of sp³-hybridized carbons (Fsp3) is 0. The highest BCUT2D eigenvalue weighted by Gasteiger charge is 2.22. The molecule has 12 rings (SSSR count). The van der Waals surface area contributed by atoms with Gasteiger partial charge in [-0.1, -0.05) is 139 Å². The second kappa shape index (κ2) is 12.6. The molecule has 0 N–H and O–H groups in total. The largest absolute Gasteiger partial charge is 0.456 e. The van der Waals surface area contributed by atoms with E-state index in [4.69, 9.17) is 26.2 Å². The van der Waals surface area contributed by atoms with Crippen molar-refractivity contribution in [1.29, 1.82) is 0 Å². The first-order valence-corrected chi connectivity index (χ1v) is 19.4. The van der Waals surface area contributed by atoms with Gasteiger partial charge in [-0.2, -0.15) is 0 Å². The third kappa shape index (κ3) is 5.04.